The van der Waals surface area contributed by atoms with Crippen LogP contribution in [0.5, 0.6) is 0 Å². The van der Waals surface area contributed by atoms with E-state index in [0.717, 1.165) is 61.6 Å². The van der Waals surface area contributed by atoms with E-state index in [0.29, 0.717) is 0 Å². The molecule has 0 bridgehead atoms. The average molecular weight is 766 g/mol. The normalized spacial score (nSPS) is 11.3. The average Bonchev–Trinajstić information content (AvgIpc) is 3.72. The van der Waals surface area contributed by atoms with E-state index < -0.39 is 0 Å². The molecule has 11 rings (SSSR count). The van der Waals surface area contributed by atoms with Crippen molar-refractivity contribution in [2.45, 2.75) is 0 Å². The molecule has 2 heteroatoms. The van der Waals surface area contributed by atoms with Gasteiger partial charge in [0.2, 0.25) is 0 Å². The van der Waals surface area contributed by atoms with Crippen LogP contribution in [0.25, 0.3) is 88.3 Å². The quantitative estimate of drug-likeness (QED) is 0.153. The summed E-state index contributed by atoms with van der Waals surface area (Å²) in [6.07, 6.45) is 0. The Labute approximate surface area is 349 Å². The number of para-hydroxylation sites is 1. The second-order valence-electron chi connectivity index (χ2n) is 15.3. The number of rotatable bonds is 8. The van der Waals surface area contributed by atoms with Crippen LogP contribution in [0.3, 0.4) is 0 Å². The number of furan rings is 1. The Kier molecular flexibility index (Phi) is 8.87. The van der Waals surface area contributed by atoms with Gasteiger partial charge < -0.3 is 9.32 Å². The molecular formula is C58H39NO. The van der Waals surface area contributed by atoms with Gasteiger partial charge in [0, 0.05) is 33.6 Å². The summed E-state index contributed by atoms with van der Waals surface area (Å²) in [6, 6.07) is 84.7. The minimum absolute atomic E-state index is 0.888. The molecule has 11 aromatic rings. The number of benzene rings is 10. The van der Waals surface area contributed by atoms with Crippen LogP contribution in [-0.2, 0) is 0 Å². The predicted octanol–water partition coefficient (Wildman–Crippen LogP) is 16.5. The molecule has 0 unspecified atom stereocenters. The summed E-state index contributed by atoms with van der Waals surface area (Å²) >= 11 is 0. The Morgan fingerprint density at radius 3 is 1.55 bits per heavy atom. The van der Waals surface area contributed by atoms with E-state index in [2.05, 4.69) is 229 Å². The molecule has 1 aromatic heterocycles. The number of fused-ring (bicyclic) bond motifs is 3. The molecule has 0 atom stereocenters. The molecule has 10 aromatic carbocycles. The molecule has 60 heavy (non-hydrogen) atoms. The second-order valence-corrected chi connectivity index (χ2v) is 15.3. The Bertz CT molecular complexity index is 3280. The molecule has 0 aliphatic heterocycles. The third-order valence-corrected chi connectivity index (χ3v) is 11.7. The van der Waals surface area contributed by atoms with Crippen LogP contribution in [0.2, 0.25) is 0 Å². The Balaban J connectivity index is 0.907. The Hall–Kier alpha value is -7.94. The zero-order valence-electron chi connectivity index (χ0n) is 32.9. The van der Waals surface area contributed by atoms with Crippen molar-refractivity contribution in [1.82, 2.24) is 0 Å². The van der Waals surface area contributed by atoms with E-state index in [1.807, 2.05) is 12.1 Å². The van der Waals surface area contributed by atoms with Crippen molar-refractivity contribution in [3.8, 4) is 55.8 Å². The Morgan fingerprint density at radius 1 is 0.283 bits per heavy atom. The van der Waals surface area contributed by atoms with E-state index in [1.54, 1.807) is 0 Å². The van der Waals surface area contributed by atoms with Gasteiger partial charge in [0.05, 0.1) is 0 Å². The van der Waals surface area contributed by atoms with E-state index in [4.69, 9.17) is 4.42 Å². The van der Waals surface area contributed by atoms with Gasteiger partial charge in [-0.15, -0.1) is 0 Å². The molecule has 0 N–H and O–H groups in total. The van der Waals surface area contributed by atoms with Crippen molar-refractivity contribution in [3.63, 3.8) is 0 Å². The summed E-state index contributed by atoms with van der Waals surface area (Å²) in [6.45, 7) is 0. The van der Waals surface area contributed by atoms with Crippen LogP contribution in [0.4, 0.5) is 17.1 Å². The predicted molar refractivity (Wildman–Crippen MR) is 253 cm³/mol. The van der Waals surface area contributed by atoms with Crippen LogP contribution in [-0.4, -0.2) is 0 Å². The van der Waals surface area contributed by atoms with Crippen molar-refractivity contribution >= 4 is 49.6 Å². The molecule has 1 heterocycles. The first-order valence-corrected chi connectivity index (χ1v) is 20.5. The standard InChI is InChI=1S/C58H39NO/c1-2-14-46(15-3-1)57-55-21-8-9-23-56(55)60-58(57)49-19-10-18-47(38-49)43-26-24-41(25-27-43)42-28-33-50(34-29-42)59(52-37-30-40-12-4-5-16-48(40)39-52)51-35-31-45(32-36-51)54-22-11-17-44-13-6-7-20-53(44)54/h1-39H. The molecule has 0 saturated heterocycles. The highest BCUT2D eigenvalue weighted by Gasteiger charge is 2.18. The lowest BCUT2D eigenvalue weighted by atomic mass is 9.95. The van der Waals surface area contributed by atoms with Gasteiger partial charge >= 0.3 is 0 Å². The minimum Gasteiger partial charge on any atom is -0.455 e. The molecule has 0 amide bonds. The van der Waals surface area contributed by atoms with Gasteiger partial charge in [-0.2, -0.15) is 0 Å². The summed E-state index contributed by atoms with van der Waals surface area (Å²) < 4.78 is 6.54. The molecule has 2 nitrogen and oxygen atoms in total. The molecule has 0 saturated carbocycles. The Morgan fingerprint density at radius 2 is 0.800 bits per heavy atom. The van der Waals surface area contributed by atoms with Crippen molar-refractivity contribution < 1.29 is 4.42 Å². The van der Waals surface area contributed by atoms with Gasteiger partial charge in [0.25, 0.3) is 0 Å². The van der Waals surface area contributed by atoms with Gasteiger partial charge in [-0.05, 0) is 109 Å². The van der Waals surface area contributed by atoms with Gasteiger partial charge in [0.1, 0.15) is 11.3 Å². The number of hydrogen-bond donors (Lipinski definition) is 0. The first-order chi connectivity index (χ1) is 29.7. The van der Waals surface area contributed by atoms with Crippen LogP contribution >= 0.6 is 0 Å². The number of hydrogen-bond acceptors (Lipinski definition) is 2. The summed E-state index contributed by atoms with van der Waals surface area (Å²) in [5.74, 6) is 0.888. The number of anilines is 3. The lowest BCUT2D eigenvalue weighted by Crippen LogP contribution is -2.09. The van der Waals surface area contributed by atoms with Gasteiger partial charge in [-0.1, -0.05) is 188 Å². The molecule has 282 valence electrons. The van der Waals surface area contributed by atoms with Gasteiger partial charge in [-0.25, -0.2) is 0 Å². The summed E-state index contributed by atoms with van der Waals surface area (Å²) in [4.78, 5) is 2.35. The fraction of sp³-hybridized carbons (Fsp3) is 0. The SMILES string of the molecule is c1ccc(-c2c(-c3cccc(-c4ccc(-c5ccc(N(c6ccc(-c7cccc8ccccc78)cc6)c6ccc7ccccc7c6)cc5)cc4)c3)oc3ccccc23)cc1. The van der Waals surface area contributed by atoms with Gasteiger partial charge in [0.15, 0.2) is 0 Å². The third kappa shape index (κ3) is 6.51. The molecule has 0 aliphatic carbocycles. The first-order valence-electron chi connectivity index (χ1n) is 20.5. The van der Waals surface area contributed by atoms with E-state index in [-0.39, 0.29) is 0 Å². The molecular weight excluding hydrogens is 727 g/mol. The third-order valence-electron chi connectivity index (χ3n) is 11.7. The monoisotopic (exact) mass is 765 g/mol. The zero-order valence-corrected chi connectivity index (χ0v) is 32.9. The van der Waals surface area contributed by atoms with Crippen LogP contribution in [0.15, 0.2) is 241 Å². The maximum Gasteiger partial charge on any atom is 0.143 e. The highest BCUT2D eigenvalue weighted by molar-refractivity contribution is 6.02. The molecule has 0 aliphatic rings. The maximum atomic E-state index is 6.54. The van der Waals surface area contributed by atoms with Crippen molar-refractivity contribution in [2.24, 2.45) is 0 Å². The highest BCUT2D eigenvalue weighted by atomic mass is 16.3. The van der Waals surface area contributed by atoms with Crippen LogP contribution in [0, 0.1) is 0 Å². The summed E-state index contributed by atoms with van der Waals surface area (Å²) in [5, 5.41) is 6.07. The van der Waals surface area contributed by atoms with Crippen LogP contribution in [0.1, 0.15) is 0 Å². The fourth-order valence-electron chi connectivity index (χ4n) is 8.67. The molecule has 0 spiro atoms. The fourth-order valence-corrected chi connectivity index (χ4v) is 8.67. The van der Waals surface area contributed by atoms with Crippen molar-refractivity contribution in [2.75, 3.05) is 4.90 Å². The number of nitrogens with zero attached hydrogens (tertiary/aromatic N) is 1. The zero-order chi connectivity index (χ0) is 39.8. The topological polar surface area (TPSA) is 16.4 Å². The van der Waals surface area contributed by atoms with E-state index in [1.165, 1.54) is 43.8 Å². The van der Waals surface area contributed by atoms with E-state index in [9.17, 15) is 0 Å². The van der Waals surface area contributed by atoms with E-state index >= 15 is 0 Å². The summed E-state index contributed by atoms with van der Waals surface area (Å²) in [5.41, 5.74) is 14.6. The lowest BCUT2D eigenvalue weighted by Gasteiger charge is -2.26. The van der Waals surface area contributed by atoms with Gasteiger partial charge in [-0.3, -0.25) is 0 Å². The smallest absolute Gasteiger partial charge is 0.143 e. The highest BCUT2D eigenvalue weighted by Crippen LogP contribution is 2.42. The van der Waals surface area contributed by atoms with Crippen LogP contribution < -0.4 is 4.90 Å². The first kappa shape index (κ1) is 35.2. The molecule has 0 fully saturated rings. The van der Waals surface area contributed by atoms with Crippen molar-refractivity contribution in [1.29, 1.82) is 0 Å². The molecule has 0 radical (unpaired) electrons. The minimum atomic E-state index is 0.888. The largest absolute Gasteiger partial charge is 0.455 e. The summed E-state index contributed by atoms with van der Waals surface area (Å²) in [7, 11) is 0. The van der Waals surface area contributed by atoms with Crippen molar-refractivity contribution in [3.05, 3.63) is 237 Å². The lowest BCUT2D eigenvalue weighted by molar-refractivity contribution is 0.632. The second kappa shape index (κ2) is 15.1. The maximum absolute atomic E-state index is 6.54.